The molecule has 3 rings (SSSR count). The normalized spacial score (nSPS) is 9.46. The maximum absolute atomic E-state index is 3.93. The third-order valence-electron chi connectivity index (χ3n) is 4.37. The third kappa shape index (κ3) is 11.5. The van der Waals surface area contributed by atoms with Gasteiger partial charge >= 0.3 is 0 Å². The summed E-state index contributed by atoms with van der Waals surface area (Å²) in [6, 6.07) is 31.7. The molecule has 0 amide bonds. The molecule has 0 unspecified atom stereocenters. The monoisotopic (exact) mass is 468 g/mol. The maximum Gasteiger partial charge on any atom is -0.00268 e. The van der Waals surface area contributed by atoms with Gasteiger partial charge in [0.15, 0.2) is 0 Å². The SMILES string of the molecule is C=C/C=C(\C=C/C)C(=C(c1ccccc1)c1ccccc1)c1ccccc1.CC.CC.CC.CC. The molecule has 0 aliphatic rings. The van der Waals surface area contributed by atoms with Crippen molar-refractivity contribution in [3.8, 4) is 0 Å². The van der Waals surface area contributed by atoms with Crippen LogP contribution < -0.4 is 0 Å². The molecule has 0 bridgehead atoms. The first-order chi connectivity index (χ1) is 17.3. The highest BCUT2D eigenvalue weighted by Gasteiger charge is 2.16. The van der Waals surface area contributed by atoms with Crippen molar-refractivity contribution >= 4 is 11.1 Å². The topological polar surface area (TPSA) is 0 Å². The van der Waals surface area contributed by atoms with E-state index in [1.807, 2.05) is 68.4 Å². The van der Waals surface area contributed by atoms with Crippen molar-refractivity contribution in [2.45, 2.75) is 62.3 Å². The Balaban J connectivity index is 0. The van der Waals surface area contributed by atoms with Crippen LogP contribution in [0.2, 0.25) is 0 Å². The van der Waals surface area contributed by atoms with Crippen molar-refractivity contribution in [1.29, 1.82) is 0 Å². The van der Waals surface area contributed by atoms with Crippen LogP contribution in [0.25, 0.3) is 11.1 Å². The van der Waals surface area contributed by atoms with Crippen LogP contribution in [-0.4, -0.2) is 0 Å². The maximum atomic E-state index is 3.93. The highest BCUT2D eigenvalue weighted by Crippen LogP contribution is 2.37. The molecule has 0 atom stereocenters. The van der Waals surface area contributed by atoms with Crippen LogP contribution in [0.5, 0.6) is 0 Å². The number of allylic oxidation sites excluding steroid dienone is 6. The predicted molar refractivity (Wildman–Crippen MR) is 164 cm³/mol. The van der Waals surface area contributed by atoms with E-state index in [9.17, 15) is 0 Å². The molecule has 3 aromatic carbocycles. The van der Waals surface area contributed by atoms with E-state index in [-0.39, 0.29) is 0 Å². The molecule has 0 N–H and O–H groups in total. The molecular formula is C35H48. The van der Waals surface area contributed by atoms with Gasteiger partial charge in [-0.2, -0.15) is 0 Å². The van der Waals surface area contributed by atoms with Gasteiger partial charge in [-0.25, -0.2) is 0 Å². The van der Waals surface area contributed by atoms with Gasteiger partial charge in [0.25, 0.3) is 0 Å². The van der Waals surface area contributed by atoms with Gasteiger partial charge in [0.2, 0.25) is 0 Å². The lowest BCUT2D eigenvalue weighted by Gasteiger charge is -2.18. The van der Waals surface area contributed by atoms with Gasteiger partial charge in [-0.15, -0.1) is 0 Å². The lowest BCUT2D eigenvalue weighted by Crippen LogP contribution is -1.97. The molecule has 0 aliphatic heterocycles. The molecule has 0 nitrogen and oxygen atoms in total. The minimum Gasteiger partial charge on any atom is -0.0990 e. The Labute approximate surface area is 217 Å². The van der Waals surface area contributed by atoms with E-state index in [4.69, 9.17) is 0 Å². The molecule has 0 spiro atoms. The molecule has 0 saturated heterocycles. The zero-order chi connectivity index (χ0) is 26.9. The Morgan fingerprint density at radius 2 is 0.886 bits per heavy atom. The summed E-state index contributed by atoms with van der Waals surface area (Å²) in [5.41, 5.74) is 7.14. The number of rotatable bonds is 6. The summed E-state index contributed by atoms with van der Waals surface area (Å²) in [5, 5.41) is 0. The minimum absolute atomic E-state index is 1.14. The van der Waals surface area contributed by atoms with E-state index < -0.39 is 0 Å². The number of hydrogen-bond acceptors (Lipinski definition) is 0. The second kappa shape index (κ2) is 23.8. The van der Waals surface area contributed by atoms with Crippen LogP contribution in [0.15, 0.2) is 127 Å². The van der Waals surface area contributed by atoms with Gasteiger partial charge < -0.3 is 0 Å². The van der Waals surface area contributed by atoms with Gasteiger partial charge in [-0.1, -0.05) is 177 Å². The highest BCUT2D eigenvalue weighted by atomic mass is 14.2. The largest absolute Gasteiger partial charge is 0.0990 e. The van der Waals surface area contributed by atoms with Gasteiger partial charge in [0.05, 0.1) is 0 Å². The first kappa shape index (κ1) is 33.8. The van der Waals surface area contributed by atoms with Crippen LogP contribution >= 0.6 is 0 Å². The zero-order valence-corrected chi connectivity index (χ0v) is 23.7. The standard InChI is InChI=1S/C27H24.4C2H6/c1-3-14-22(15-4-2)26(23-16-8-5-9-17-23)27(24-18-10-6-11-19-24)25-20-12-7-13-21-25;4*1-2/h3-21H,1H2,2H3;4*1-2H3/b15-4-,22-14+;;;;. The van der Waals surface area contributed by atoms with Crippen molar-refractivity contribution < 1.29 is 0 Å². The molecule has 188 valence electrons. The van der Waals surface area contributed by atoms with Gasteiger partial charge in [-0.3, -0.25) is 0 Å². The first-order valence-corrected chi connectivity index (χ1v) is 13.2. The Morgan fingerprint density at radius 1 is 0.543 bits per heavy atom. The van der Waals surface area contributed by atoms with Crippen LogP contribution in [0.3, 0.4) is 0 Å². The zero-order valence-electron chi connectivity index (χ0n) is 23.7. The molecule has 0 aromatic heterocycles. The summed E-state index contributed by atoms with van der Waals surface area (Å²) in [6.45, 7) is 22.0. The van der Waals surface area contributed by atoms with Crippen LogP contribution in [0.4, 0.5) is 0 Å². The average Bonchev–Trinajstić information content (AvgIpc) is 2.97. The van der Waals surface area contributed by atoms with Crippen molar-refractivity contribution in [3.63, 3.8) is 0 Å². The molecule has 0 fully saturated rings. The molecule has 0 saturated carbocycles. The molecule has 0 radical (unpaired) electrons. The van der Waals surface area contributed by atoms with Crippen molar-refractivity contribution in [2.75, 3.05) is 0 Å². The fourth-order valence-electron chi connectivity index (χ4n) is 3.25. The highest BCUT2D eigenvalue weighted by molar-refractivity contribution is 6.05. The fraction of sp³-hybridized carbons (Fsp3) is 0.257. The van der Waals surface area contributed by atoms with E-state index in [0.717, 1.165) is 5.57 Å². The number of benzene rings is 3. The molecule has 0 heterocycles. The molecule has 35 heavy (non-hydrogen) atoms. The average molecular weight is 469 g/mol. The Kier molecular flexibility index (Phi) is 22.9. The summed E-state index contributed by atoms with van der Waals surface area (Å²) >= 11 is 0. The smallest absolute Gasteiger partial charge is 0.00268 e. The predicted octanol–water partition coefficient (Wildman–Crippen LogP) is 11.4. The Morgan fingerprint density at radius 3 is 1.20 bits per heavy atom. The van der Waals surface area contributed by atoms with Crippen molar-refractivity contribution in [2.24, 2.45) is 0 Å². The molecule has 0 aliphatic carbocycles. The van der Waals surface area contributed by atoms with E-state index in [2.05, 4.69) is 116 Å². The van der Waals surface area contributed by atoms with Crippen LogP contribution in [-0.2, 0) is 0 Å². The van der Waals surface area contributed by atoms with Gasteiger partial charge in [0, 0.05) is 0 Å². The molecule has 0 heteroatoms. The Hall–Kier alpha value is -3.38. The summed E-state index contributed by atoms with van der Waals surface area (Å²) in [5.74, 6) is 0. The van der Waals surface area contributed by atoms with E-state index in [1.54, 1.807) is 0 Å². The van der Waals surface area contributed by atoms with Crippen LogP contribution in [0, 0.1) is 0 Å². The third-order valence-corrected chi connectivity index (χ3v) is 4.37. The molecule has 3 aromatic rings. The summed E-state index contributed by atoms with van der Waals surface area (Å²) in [4.78, 5) is 0. The Bertz CT molecular complexity index is 915. The second-order valence-corrected chi connectivity index (χ2v) is 6.21. The minimum atomic E-state index is 1.14. The second-order valence-electron chi connectivity index (χ2n) is 6.21. The first-order valence-electron chi connectivity index (χ1n) is 13.2. The van der Waals surface area contributed by atoms with Crippen LogP contribution in [0.1, 0.15) is 79.0 Å². The quantitative estimate of drug-likeness (QED) is 0.249. The summed E-state index contributed by atoms with van der Waals surface area (Å²) in [7, 11) is 0. The summed E-state index contributed by atoms with van der Waals surface area (Å²) in [6.07, 6.45) is 8.15. The lowest BCUT2D eigenvalue weighted by molar-refractivity contribution is 1.50. The van der Waals surface area contributed by atoms with Gasteiger partial charge in [-0.05, 0) is 40.3 Å². The summed E-state index contributed by atoms with van der Waals surface area (Å²) < 4.78 is 0. The van der Waals surface area contributed by atoms with E-state index in [0.29, 0.717) is 0 Å². The van der Waals surface area contributed by atoms with Crippen molar-refractivity contribution in [1.82, 2.24) is 0 Å². The number of hydrogen-bond donors (Lipinski definition) is 0. The van der Waals surface area contributed by atoms with E-state index >= 15 is 0 Å². The van der Waals surface area contributed by atoms with Gasteiger partial charge in [0.1, 0.15) is 0 Å². The fourth-order valence-corrected chi connectivity index (χ4v) is 3.25. The van der Waals surface area contributed by atoms with E-state index in [1.165, 1.54) is 27.8 Å². The lowest BCUT2D eigenvalue weighted by atomic mass is 9.85. The van der Waals surface area contributed by atoms with Crippen molar-refractivity contribution in [3.05, 3.63) is 144 Å². The molecular weight excluding hydrogens is 420 g/mol.